The van der Waals surface area contributed by atoms with Crippen LogP contribution in [-0.2, 0) is 20.1 Å². The first-order valence-electron chi connectivity index (χ1n) is 8.76. The number of rotatable bonds is 5. The average Bonchev–Trinajstić information content (AvgIpc) is 3.26. The highest BCUT2D eigenvalue weighted by molar-refractivity contribution is 6.44. The van der Waals surface area contributed by atoms with E-state index in [-0.39, 0.29) is 29.9 Å². The van der Waals surface area contributed by atoms with Gasteiger partial charge in [0.15, 0.2) is 5.78 Å². The van der Waals surface area contributed by atoms with Gasteiger partial charge in [-0.3, -0.25) is 9.59 Å². The second-order valence-electron chi connectivity index (χ2n) is 6.46. The average molecular weight is 422 g/mol. The predicted octanol–water partition coefficient (Wildman–Crippen LogP) is 3.82. The molecule has 146 valence electrons. The van der Waals surface area contributed by atoms with Crippen LogP contribution in [0.15, 0.2) is 36.4 Å². The summed E-state index contributed by atoms with van der Waals surface area (Å²) < 4.78 is 17.1. The number of Topliss-reactive ketones (excluding diaryl/α,β-unsaturated/α-hetero) is 1. The van der Waals surface area contributed by atoms with Gasteiger partial charge in [0.1, 0.15) is 12.4 Å². The van der Waals surface area contributed by atoms with E-state index in [4.69, 9.17) is 37.4 Å². The molecule has 6 nitrogen and oxygen atoms in total. The molecule has 0 radical (unpaired) electrons. The number of carbonyl (C=O) groups is 2. The fourth-order valence-corrected chi connectivity index (χ4v) is 3.83. The molecule has 1 spiro atoms. The fraction of sp³-hybridized carbons (Fsp3) is 0.300. The van der Waals surface area contributed by atoms with Gasteiger partial charge >= 0.3 is 0 Å². The van der Waals surface area contributed by atoms with Crippen molar-refractivity contribution in [2.45, 2.75) is 12.7 Å². The highest BCUT2D eigenvalue weighted by atomic mass is 35.5. The van der Waals surface area contributed by atoms with Crippen molar-refractivity contribution in [1.29, 1.82) is 0 Å². The molecule has 2 heterocycles. The van der Waals surface area contributed by atoms with Crippen LogP contribution < -0.4 is 9.64 Å². The maximum atomic E-state index is 13.1. The third-order valence-corrected chi connectivity index (χ3v) is 5.55. The molecule has 0 unspecified atom stereocenters. The van der Waals surface area contributed by atoms with Gasteiger partial charge in [-0.2, -0.15) is 0 Å². The molecular weight excluding hydrogens is 405 g/mol. The Balaban J connectivity index is 1.54. The van der Waals surface area contributed by atoms with Gasteiger partial charge in [-0.25, -0.2) is 0 Å². The van der Waals surface area contributed by atoms with Crippen molar-refractivity contribution in [3.8, 4) is 5.75 Å². The molecule has 0 aliphatic carbocycles. The van der Waals surface area contributed by atoms with Crippen molar-refractivity contribution in [3.05, 3.63) is 57.6 Å². The number of benzene rings is 2. The van der Waals surface area contributed by atoms with Crippen LogP contribution in [-0.4, -0.2) is 38.1 Å². The van der Waals surface area contributed by atoms with Crippen molar-refractivity contribution >= 4 is 40.6 Å². The molecule has 0 atom stereocenters. The molecule has 1 saturated heterocycles. The highest BCUT2D eigenvalue weighted by Crippen LogP contribution is 2.50. The van der Waals surface area contributed by atoms with Crippen molar-refractivity contribution < 1.29 is 23.8 Å². The van der Waals surface area contributed by atoms with E-state index in [0.717, 1.165) is 0 Å². The number of ether oxygens (including phenoxy) is 3. The lowest BCUT2D eigenvalue weighted by atomic mass is 10.1. The van der Waals surface area contributed by atoms with Gasteiger partial charge in [-0.1, -0.05) is 23.2 Å². The Morgan fingerprint density at radius 3 is 2.46 bits per heavy atom. The lowest BCUT2D eigenvalue weighted by Crippen LogP contribution is -2.42. The smallest absolute Gasteiger partial charge is 0.292 e. The van der Waals surface area contributed by atoms with Crippen molar-refractivity contribution in [2.75, 3.05) is 31.3 Å². The van der Waals surface area contributed by atoms with E-state index in [2.05, 4.69) is 0 Å². The SMILES string of the molecule is CC(=O)c1ccc(OCCN2C(=O)C3(OCCO3)c3ccc(Cl)c(Cl)c32)cc1. The van der Waals surface area contributed by atoms with Crippen LogP contribution in [0.1, 0.15) is 22.8 Å². The standard InChI is InChI=1S/C20H17Cl2NO5/c1-12(24)13-2-4-14(5-3-13)26-9-8-23-18-15(6-7-16(21)17(18)22)20(19(23)25)27-10-11-28-20/h2-7H,8-11H2,1H3. The van der Waals surface area contributed by atoms with Gasteiger partial charge in [0.2, 0.25) is 0 Å². The molecule has 28 heavy (non-hydrogen) atoms. The number of amides is 1. The molecule has 0 aromatic heterocycles. The molecule has 0 bridgehead atoms. The number of anilines is 1. The minimum Gasteiger partial charge on any atom is -0.492 e. The lowest BCUT2D eigenvalue weighted by Gasteiger charge is -2.22. The Bertz CT molecular complexity index is 938. The van der Waals surface area contributed by atoms with Crippen molar-refractivity contribution in [3.63, 3.8) is 0 Å². The Labute approximate surface area is 171 Å². The molecule has 0 N–H and O–H groups in total. The van der Waals surface area contributed by atoms with E-state index in [1.54, 1.807) is 36.4 Å². The van der Waals surface area contributed by atoms with Crippen LogP contribution in [0.3, 0.4) is 0 Å². The maximum absolute atomic E-state index is 13.1. The summed E-state index contributed by atoms with van der Waals surface area (Å²) >= 11 is 12.6. The molecule has 1 amide bonds. The number of hydrogen-bond acceptors (Lipinski definition) is 5. The number of carbonyl (C=O) groups excluding carboxylic acids is 2. The monoisotopic (exact) mass is 421 g/mol. The van der Waals surface area contributed by atoms with Crippen LogP contribution in [0.5, 0.6) is 5.75 Å². The summed E-state index contributed by atoms with van der Waals surface area (Å²) in [6, 6.07) is 10.1. The quantitative estimate of drug-likeness (QED) is 0.686. The van der Waals surface area contributed by atoms with Crippen LogP contribution in [0.25, 0.3) is 0 Å². The zero-order valence-corrected chi connectivity index (χ0v) is 16.5. The third-order valence-electron chi connectivity index (χ3n) is 4.76. The number of hydrogen-bond donors (Lipinski definition) is 0. The van der Waals surface area contributed by atoms with Gasteiger partial charge < -0.3 is 19.1 Å². The molecule has 0 saturated carbocycles. The summed E-state index contributed by atoms with van der Waals surface area (Å²) in [5.41, 5.74) is 1.64. The van der Waals surface area contributed by atoms with Crippen molar-refractivity contribution in [1.82, 2.24) is 0 Å². The zero-order valence-electron chi connectivity index (χ0n) is 15.0. The molecule has 1 fully saturated rings. The van der Waals surface area contributed by atoms with E-state index in [1.807, 2.05) is 0 Å². The Kier molecular flexibility index (Phi) is 5.05. The second kappa shape index (κ2) is 7.37. The Morgan fingerprint density at radius 1 is 1.14 bits per heavy atom. The van der Waals surface area contributed by atoms with Gasteiger partial charge in [-0.05, 0) is 43.3 Å². The van der Waals surface area contributed by atoms with E-state index in [0.29, 0.717) is 40.8 Å². The summed E-state index contributed by atoms with van der Waals surface area (Å²) in [5.74, 6) is -1.23. The van der Waals surface area contributed by atoms with E-state index in [9.17, 15) is 9.59 Å². The summed E-state index contributed by atoms with van der Waals surface area (Å²) in [6.45, 7) is 2.58. The summed E-state index contributed by atoms with van der Waals surface area (Å²) in [6.07, 6.45) is 0. The molecule has 2 aliphatic heterocycles. The molecular formula is C20H17Cl2NO5. The third kappa shape index (κ3) is 3.06. The molecule has 2 aromatic carbocycles. The van der Waals surface area contributed by atoms with Crippen LogP contribution in [0.4, 0.5) is 5.69 Å². The second-order valence-corrected chi connectivity index (χ2v) is 7.24. The number of nitrogens with zero attached hydrogens (tertiary/aromatic N) is 1. The topological polar surface area (TPSA) is 65.1 Å². The van der Waals surface area contributed by atoms with Crippen LogP contribution in [0, 0.1) is 0 Å². The molecule has 4 rings (SSSR count). The van der Waals surface area contributed by atoms with Gasteiger partial charge in [0.25, 0.3) is 11.7 Å². The van der Waals surface area contributed by atoms with Crippen LogP contribution >= 0.6 is 23.2 Å². The van der Waals surface area contributed by atoms with E-state index >= 15 is 0 Å². The first-order chi connectivity index (χ1) is 13.4. The normalized spacial score (nSPS) is 17.2. The Hall–Kier alpha value is -2.12. The minimum atomic E-state index is -1.47. The maximum Gasteiger partial charge on any atom is 0.292 e. The lowest BCUT2D eigenvalue weighted by molar-refractivity contribution is -0.180. The first kappa shape index (κ1) is 19.2. The summed E-state index contributed by atoms with van der Waals surface area (Å²) in [7, 11) is 0. The van der Waals surface area contributed by atoms with Gasteiger partial charge in [0, 0.05) is 11.1 Å². The van der Waals surface area contributed by atoms with Gasteiger partial charge in [0.05, 0.1) is 35.5 Å². The summed E-state index contributed by atoms with van der Waals surface area (Å²) in [5, 5.41) is 0.614. The first-order valence-corrected chi connectivity index (χ1v) is 9.52. The van der Waals surface area contributed by atoms with Crippen molar-refractivity contribution in [2.24, 2.45) is 0 Å². The molecule has 2 aromatic rings. The van der Waals surface area contributed by atoms with Gasteiger partial charge in [-0.15, -0.1) is 0 Å². The van der Waals surface area contributed by atoms with Crippen LogP contribution in [0.2, 0.25) is 10.0 Å². The number of ketones is 1. The van der Waals surface area contributed by atoms with E-state index < -0.39 is 5.79 Å². The van der Waals surface area contributed by atoms with E-state index in [1.165, 1.54) is 11.8 Å². The zero-order chi connectivity index (χ0) is 19.9. The number of fused-ring (bicyclic) bond motifs is 2. The highest BCUT2D eigenvalue weighted by Gasteiger charge is 2.56. The summed E-state index contributed by atoms with van der Waals surface area (Å²) in [4.78, 5) is 25.9. The minimum absolute atomic E-state index is 0.0146. The number of halogens is 2. The fourth-order valence-electron chi connectivity index (χ4n) is 3.41. The molecule has 2 aliphatic rings. The molecule has 8 heteroatoms. The predicted molar refractivity (Wildman–Crippen MR) is 104 cm³/mol. The largest absolute Gasteiger partial charge is 0.492 e. The Morgan fingerprint density at radius 2 is 1.82 bits per heavy atom.